The lowest BCUT2D eigenvalue weighted by Crippen LogP contribution is -2.47. The third kappa shape index (κ3) is 8.41. The van der Waals surface area contributed by atoms with E-state index in [-0.39, 0.29) is 26.0 Å². The van der Waals surface area contributed by atoms with Gasteiger partial charge in [-0.25, -0.2) is 9.59 Å². The van der Waals surface area contributed by atoms with Crippen LogP contribution in [-0.4, -0.2) is 48.2 Å². The third-order valence-electron chi connectivity index (χ3n) is 1.98. The van der Waals surface area contributed by atoms with Crippen molar-refractivity contribution in [3.8, 4) is 0 Å². The lowest BCUT2D eigenvalue weighted by Gasteiger charge is -2.14. The molecule has 0 saturated carbocycles. The van der Waals surface area contributed by atoms with E-state index in [0.29, 0.717) is 0 Å². The van der Waals surface area contributed by atoms with Crippen LogP contribution in [0.3, 0.4) is 0 Å². The maximum Gasteiger partial charge on any atom is 0.326 e. The third-order valence-corrected chi connectivity index (χ3v) is 1.98. The molecule has 108 valence electrons. The molecule has 0 saturated heterocycles. The van der Waals surface area contributed by atoms with Gasteiger partial charge in [-0.05, 0) is 13.3 Å². The predicted molar refractivity (Wildman–Crippen MR) is 63.0 cm³/mol. The minimum absolute atomic E-state index is 0.127. The molecule has 9 heteroatoms. The van der Waals surface area contributed by atoms with E-state index in [4.69, 9.17) is 10.8 Å². The van der Waals surface area contributed by atoms with E-state index >= 15 is 0 Å². The number of amides is 3. The highest BCUT2D eigenvalue weighted by molar-refractivity contribution is 5.85. The molecule has 0 unspecified atom stereocenters. The molecule has 0 bridgehead atoms. The summed E-state index contributed by atoms with van der Waals surface area (Å²) in [5.74, 6) is -2.60. The number of hydrogen-bond donors (Lipinski definition) is 4. The summed E-state index contributed by atoms with van der Waals surface area (Å²) in [4.78, 5) is 43.6. The number of carboxylic acid groups (broad SMARTS) is 1. The zero-order valence-corrected chi connectivity index (χ0v) is 10.5. The van der Waals surface area contributed by atoms with Crippen LogP contribution in [0.25, 0.3) is 0 Å². The first kappa shape index (κ1) is 16.7. The minimum atomic E-state index is -1.30. The number of esters is 1. The molecule has 0 aliphatic carbocycles. The van der Waals surface area contributed by atoms with Crippen molar-refractivity contribution in [2.45, 2.75) is 25.8 Å². The topological polar surface area (TPSA) is 148 Å². The van der Waals surface area contributed by atoms with E-state index in [9.17, 15) is 19.2 Å². The molecule has 19 heavy (non-hydrogen) atoms. The molecule has 3 amide bonds. The molecule has 1 atom stereocenters. The standard InChI is InChI=1S/C10H17N3O6/c1-2-19-8(15)5-12-10(18)13-6(9(16)17)3-4-7(11)14/h6H,2-5H2,1H3,(H2,11,14)(H,16,17)(H2,12,13,18)/t6-/m0/s1. The fourth-order valence-corrected chi connectivity index (χ4v) is 1.12. The van der Waals surface area contributed by atoms with Crippen molar-refractivity contribution in [3.05, 3.63) is 0 Å². The van der Waals surface area contributed by atoms with Gasteiger partial charge in [0.15, 0.2) is 0 Å². The molecule has 0 heterocycles. The molecule has 0 aromatic rings. The zero-order chi connectivity index (χ0) is 14.8. The predicted octanol–water partition coefficient (Wildman–Crippen LogP) is -1.43. The second-order valence-electron chi connectivity index (χ2n) is 3.53. The van der Waals surface area contributed by atoms with Crippen LogP contribution >= 0.6 is 0 Å². The highest BCUT2D eigenvalue weighted by Crippen LogP contribution is 1.97. The van der Waals surface area contributed by atoms with Gasteiger partial charge in [-0.3, -0.25) is 9.59 Å². The van der Waals surface area contributed by atoms with Gasteiger partial charge in [-0.2, -0.15) is 0 Å². The minimum Gasteiger partial charge on any atom is -0.480 e. The molecule has 0 aliphatic heterocycles. The SMILES string of the molecule is CCOC(=O)CNC(=O)N[C@@H](CCC(N)=O)C(=O)O. The Kier molecular flexibility index (Phi) is 7.66. The van der Waals surface area contributed by atoms with Gasteiger partial charge in [0, 0.05) is 6.42 Å². The maximum atomic E-state index is 11.3. The van der Waals surface area contributed by atoms with E-state index in [1.165, 1.54) is 0 Å². The van der Waals surface area contributed by atoms with E-state index < -0.39 is 29.9 Å². The normalized spacial score (nSPS) is 11.2. The smallest absolute Gasteiger partial charge is 0.326 e. The average Bonchev–Trinajstić information content (AvgIpc) is 2.31. The lowest BCUT2D eigenvalue weighted by atomic mass is 10.1. The summed E-state index contributed by atoms with van der Waals surface area (Å²) >= 11 is 0. The summed E-state index contributed by atoms with van der Waals surface area (Å²) < 4.78 is 4.56. The van der Waals surface area contributed by atoms with Crippen LogP contribution in [0.2, 0.25) is 0 Å². The number of carbonyl (C=O) groups excluding carboxylic acids is 3. The number of primary amides is 1. The first-order valence-electron chi connectivity index (χ1n) is 5.57. The monoisotopic (exact) mass is 275 g/mol. The Labute approximate surface area is 109 Å². The van der Waals surface area contributed by atoms with E-state index in [1.54, 1.807) is 6.92 Å². The van der Waals surface area contributed by atoms with Crippen LogP contribution in [0.1, 0.15) is 19.8 Å². The molecule has 0 radical (unpaired) electrons. The van der Waals surface area contributed by atoms with Gasteiger partial charge in [0.05, 0.1) is 6.61 Å². The Morgan fingerprint density at radius 2 is 1.95 bits per heavy atom. The fourth-order valence-electron chi connectivity index (χ4n) is 1.12. The number of aliphatic carboxylic acids is 1. The maximum absolute atomic E-state index is 11.3. The Morgan fingerprint density at radius 1 is 1.32 bits per heavy atom. The molecule has 5 N–H and O–H groups in total. The van der Waals surface area contributed by atoms with Crippen molar-refractivity contribution < 1.29 is 29.0 Å². The lowest BCUT2D eigenvalue weighted by molar-refractivity contribution is -0.141. The molecule has 0 aliphatic rings. The van der Waals surface area contributed by atoms with Gasteiger partial charge in [-0.15, -0.1) is 0 Å². The number of nitrogens with two attached hydrogens (primary N) is 1. The molecule has 0 aromatic heterocycles. The molecular formula is C10H17N3O6. The number of rotatable bonds is 8. The highest BCUT2D eigenvalue weighted by Gasteiger charge is 2.20. The second-order valence-corrected chi connectivity index (χ2v) is 3.53. The van der Waals surface area contributed by atoms with Crippen molar-refractivity contribution in [1.82, 2.24) is 10.6 Å². The van der Waals surface area contributed by atoms with Gasteiger partial charge < -0.3 is 26.2 Å². The van der Waals surface area contributed by atoms with Crippen LogP contribution in [0, 0.1) is 0 Å². The van der Waals surface area contributed by atoms with Gasteiger partial charge in [0.2, 0.25) is 5.91 Å². The molecule has 0 spiro atoms. The van der Waals surface area contributed by atoms with Crippen molar-refractivity contribution in [1.29, 1.82) is 0 Å². The first-order valence-corrected chi connectivity index (χ1v) is 5.57. The Hall–Kier alpha value is -2.32. The number of ether oxygens (including phenoxy) is 1. The highest BCUT2D eigenvalue weighted by atomic mass is 16.5. The molecule has 0 rings (SSSR count). The quantitative estimate of drug-likeness (QED) is 0.399. The molecule has 9 nitrogen and oxygen atoms in total. The van der Waals surface area contributed by atoms with Gasteiger partial charge in [0.1, 0.15) is 12.6 Å². The fraction of sp³-hybridized carbons (Fsp3) is 0.600. The summed E-state index contributed by atoms with van der Waals surface area (Å²) in [5, 5.41) is 13.1. The van der Waals surface area contributed by atoms with Gasteiger partial charge in [-0.1, -0.05) is 0 Å². The van der Waals surface area contributed by atoms with E-state index in [1.807, 2.05) is 0 Å². The van der Waals surface area contributed by atoms with Crippen LogP contribution in [-0.2, 0) is 19.1 Å². The number of carboxylic acids is 1. The summed E-state index contributed by atoms with van der Waals surface area (Å²) in [6, 6.07) is -2.10. The summed E-state index contributed by atoms with van der Waals surface area (Å²) in [5.41, 5.74) is 4.88. The van der Waals surface area contributed by atoms with Crippen molar-refractivity contribution in [3.63, 3.8) is 0 Å². The summed E-state index contributed by atoms with van der Waals surface area (Å²) in [6.07, 6.45) is -0.299. The number of nitrogens with one attached hydrogen (secondary N) is 2. The second kappa shape index (κ2) is 8.72. The van der Waals surface area contributed by atoms with Gasteiger partial charge >= 0.3 is 18.0 Å². The Balaban J connectivity index is 4.13. The summed E-state index contributed by atoms with van der Waals surface area (Å²) in [7, 11) is 0. The van der Waals surface area contributed by atoms with Crippen molar-refractivity contribution in [2.75, 3.05) is 13.2 Å². The Morgan fingerprint density at radius 3 is 2.42 bits per heavy atom. The van der Waals surface area contributed by atoms with Crippen LogP contribution < -0.4 is 16.4 Å². The summed E-state index contributed by atoms with van der Waals surface area (Å²) in [6.45, 7) is 1.42. The first-order chi connectivity index (χ1) is 8.86. The average molecular weight is 275 g/mol. The number of carbonyl (C=O) groups is 4. The van der Waals surface area contributed by atoms with Crippen LogP contribution in [0.15, 0.2) is 0 Å². The molecular weight excluding hydrogens is 258 g/mol. The Bertz CT molecular complexity index is 357. The van der Waals surface area contributed by atoms with E-state index in [2.05, 4.69) is 15.4 Å². The van der Waals surface area contributed by atoms with E-state index in [0.717, 1.165) is 0 Å². The zero-order valence-electron chi connectivity index (χ0n) is 10.5. The van der Waals surface area contributed by atoms with Gasteiger partial charge in [0.25, 0.3) is 0 Å². The molecule has 0 aromatic carbocycles. The van der Waals surface area contributed by atoms with Crippen LogP contribution in [0.5, 0.6) is 0 Å². The molecule has 0 fully saturated rings. The van der Waals surface area contributed by atoms with Crippen molar-refractivity contribution in [2.24, 2.45) is 5.73 Å². The largest absolute Gasteiger partial charge is 0.480 e. The number of urea groups is 1. The van der Waals surface area contributed by atoms with Crippen molar-refractivity contribution >= 4 is 23.9 Å². The number of hydrogen-bond acceptors (Lipinski definition) is 5. The van der Waals surface area contributed by atoms with Crippen LogP contribution in [0.4, 0.5) is 4.79 Å².